The third-order valence-corrected chi connectivity index (χ3v) is 3.03. The van der Waals surface area contributed by atoms with E-state index in [4.69, 9.17) is 0 Å². The summed E-state index contributed by atoms with van der Waals surface area (Å²) < 4.78 is 0. The van der Waals surface area contributed by atoms with Gasteiger partial charge in [0.15, 0.2) is 0 Å². The van der Waals surface area contributed by atoms with Gasteiger partial charge >= 0.3 is 0 Å². The Kier molecular flexibility index (Phi) is 6.83. The van der Waals surface area contributed by atoms with Gasteiger partial charge in [-0.3, -0.25) is 4.79 Å². The molecular weight excluding hydrogens is 244 g/mol. The number of hydrogen-bond donors (Lipinski definition) is 3. The molecule has 0 bridgehead atoms. The average Bonchev–Trinajstić information content (AvgIpc) is 2.44. The van der Waals surface area contributed by atoms with Crippen LogP contribution in [0.1, 0.15) is 30.1 Å². The summed E-state index contributed by atoms with van der Waals surface area (Å²) in [6, 6.07) is 10.2. The Labute approximate surface area is 115 Å². The Hall–Kier alpha value is -1.00. The molecule has 1 heterocycles. The van der Waals surface area contributed by atoms with Crippen LogP contribution in [0.15, 0.2) is 30.3 Å². The number of benzene rings is 1. The fourth-order valence-corrected chi connectivity index (χ4v) is 1.98. The van der Waals surface area contributed by atoms with E-state index in [9.17, 15) is 4.79 Å². The fourth-order valence-electron chi connectivity index (χ4n) is 1.98. The fraction of sp³-hybridized carbons (Fsp3) is 0.500. The molecule has 3 nitrogen and oxygen atoms in total. The minimum Gasteiger partial charge on any atom is -0.348 e. The standard InChI is InChI=1S/C13H18N2O.CH4S/c1-10-7-8-12(9-14-10)15-13(16)11-5-3-2-4-6-11;1-2/h2-6,10,12,14H,7-9H2,1H3,(H,15,16);2H,1H3. The average molecular weight is 266 g/mol. The Morgan fingerprint density at radius 2 is 1.94 bits per heavy atom. The molecule has 2 atom stereocenters. The Morgan fingerprint density at radius 3 is 2.50 bits per heavy atom. The van der Waals surface area contributed by atoms with Crippen molar-refractivity contribution in [2.24, 2.45) is 0 Å². The first-order valence-corrected chi connectivity index (χ1v) is 7.19. The number of rotatable bonds is 2. The maximum absolute atomic E-state index is 11.9. The van der Waals surface area contributed by atoms with Gasteiger partial charge in [-0.05, 0) is 38.2 Å². The number of piperidine rings is 1. The molecule has 0 spiro atoms. The smallest absolute Gasteiger partial charge is 0.251 e. The number of carbonyl (C=O) groups excluding carboxylic acids is 1. The topological polar surface area (TPSA) is 41.1 Å². The maximum atomic E-state index is 11.9. The summed E-state index contributed by atoms with van der Waals surface area (Å²) in [6.07, 6.45) is 3.88. The van der Waals surface area contributed by atoms with Crippen LogP contribution in [0, 0.1) is 0 Å². The lowest BCUT2D eigenvalue weighted by molar-refractivity contribution is 0.0927. The van der Waals surface area contributed by atoms with E-state index in [-0.39, 0.29) is 11.9 Å². The maximum Gasteiger partial charge on any atom is 0.251 e. The summed E-state index contributed by atoms with van der Waals surface area (Å²) in [5.41, 5.74) is 0.737. The Bertz CT molecular complexity index is 348. The summed E-state index contributed by atoms with van der Waals surface area (Å²) in [5, 5.41) is 6.43. The van der Waals surface area contributed by atoms with Gasteiger partial charge in [-0.15, -0.1) is 0 Å². The van der Waals surface area contributed by atoms with Crippen LogP contribution in [0.5, 0.6) is 0 Å². The van der Waals surface area contributed by atoms with Crippen molar-refractivity contribution in [1.29, 1.82) is 0 Å². The number of amides is 1. The van der Waals surface area contributed by atoms with E-state index in [1.165, 1.54) is 0 Å². The molecule has 0 aliphatic carbocycles. The summed E-state index contributed by atoms with van der Waals surface area (Å²) in [6.45, 7) is 3.05. The first-order chi connectivity index (χ1) is 8.75. The van der Waals surface area contributed by atoms with E-state index in [0.29, 0.717) is 6.04 Å². The van der Waals surface area contributed by atoms with Gasteiger partial charge in [0.2, 0.25) is 0 Å². The number of hydrogen-bond acceptors (Lipinski definition) is 3. The third kappa shape index (κ3) is 4.70. The number of thiol groups is 1. The number of carbonyl (C=O) groups is 1. The molecule has 1 aliphatic heterocycles. The molecule has 1 aliphatic rings. The van der Waals surface area contributed by atoms with Crippen LogP contribution >= 0.6 is 12.6 Å². The first-order valence-electron chi connectivity index (χ1n) is 6.30. The molecule has 0 radical (unpaired) electrons. The van der Waals surface area contributed by atoms with Gasteiger partial charge in [-0.2, -0.15) is 12.6 Å². The summed E-state index contributed by atoms with van der Waals surface area (Å²) in [4.78, 5) is 11.9. The molecule has 0 aromatic heterocycles. The van der Waals surface area contributed by atoms with Crippen LogP contribution in [-0.2, 0) is 0 Å². The van der Waals surface area contributed by atoms with Crippen molar-refractivity contribution >= 4 is 18.5 Å². The molecule has 1 amide bonds. The quantitative estimate of drug-likeness (QED) is 0.718. The van der Waals surface area contributed by atoms with E-state index >= 15 is 0 Å². The molecule has 2 rings (SSSR count). The summed E-state index contributed by atoms with van der Waals surface area (Å²) in [7, 11) is 0. The van der Waals surface area contributed by atoms with Gasteiger partial charge in [0.05, 0.1) is 0 Å². The van der Waals surface area contributed by atoms with Crippen molar-refractivity contribution in [3.63, 3.8) is 0 Å². The minimum atomic E-state index is 0.0296. The van der Waals surface area contributed by atoms with Crippen LogP contribution in [0.4, 0.5) is 0 Å². The lowest BCUT2D eigenvalue weighted by Crippen LogP contribution is -2.48. The molecule has 4 heteroatoms. The van der Waals surface area contributed by atoms with Gasteiger partial charge in [0, 0.05) is 24.2 Å². The minimum absolute atomic E-state index is 0.0296. The molecule has 1 fully saturated rings. The van der Waals surface area contributed by atoms with E-state index < -0.39 is 0 Å². The van der Waals surface area contributed by atoms with Gasteiger partial charge < -0.3 is 10.6 Å². The lowest BCUT2D eigenvalue weighted by Gasteiger charge is -2.28. The van der Waals surface area contributed by atoms with E-state index in [1.54, 1.807) is 6.26 Å². The predicted molar refractivity (Wildman–Crippen MR) is 79.3 cm³/mol. The van der Waals surface area contributed by atoms with Crippen LogP contribution < -0.4 is 10.6 Å². The van der Waals surface area contributed by atoms with Gasteiger partial charge in [-0.1, -0.05) is 18.2 Å². The van der Waals surface area contributed by atoms with Crippen LogP contribution in [0.2, 0.25) is 0 Å². The number of nitrogens with one attached hydrogen (secondary N) is 2. The van der Waals surface area contributed by atoms with Crippen LogP contribution in [0.25, 0.3) is 0 Å². The molecule has 0 saturated carbocycles. The SMILES string of the molecule is CC1CCC(NC(=O)c2ccccc2)CN1.CS. The molecule has 18 heavy (non-hydrogen) atoms. The molecule has 1 saturated heterocycles. The van der Waals surface area contributed by atoms with Gasteiger partial charge in [0.1, 0.15) is 0 Å². The Balaban J connectivity index is 0.000000771. The highest BCUT2D eigenvalue weighted by Crippen LogP contribution is 2.08. The summed E-state index contributed by atoms with van der Waals surface area (Å²) >= 11 is 3.53. The molecule has 2 N–H and O–H groups in total. The zero-order chi connectivity index (χ0) is 13.4. The van der Waals surface area contributed by atoms with Crippen molar-refractivity contribution in [1.82, 2.24) is 10.6 Å². The van der Waals surface area contributed by atoms with E-state index in [1.807, 2.05) is 30.3 Å². The monoisotopic (exact) mass is 266 g/mol. The highest BCUT2D eigenvalue weighted by Gasteiger charge is 2.19. The van der Waals surface area contributed by atoms with E-state index in [0.717, 1.165) is 24.9 Å². The molecular formula is C14H22N2OS. The van der Waals surface area contributed by atoms with Crippen molar-refractivity contribution in [3.8, 4) is 0 Å². The highest BCUT2D eigenvalue weighted by atomic mass is 32.1. The molecule has 1 aromatic carbocycles. The van der Waals surface area contributed by atoms with Gasteiger partial charge in [0.25, 0.3) is 5.91 Å². The summed E-state index contributed by atoms with van der Waals surface area (Å²) in [5.74, 6) is 0.0296. The van der Waals surface area contributed by atoms with E-state index in [2.05, 4.69) is 30.2 Å². The molecule has 2 unspecified atom stereocenters. The van der Waals surface area contributed by atoms with Crippen LogP contribution in [0.3, 0.4) is 0 Å². The first kappa shape index (κ1) is 15.1. The zero-order valence-electron chi connectivity index (χ0n) is 11.0. The Morgan fingerprint density at radius 1 is 1.28 bits per heavy atom. The molecule has 100 valence electrons. The van der Waals surface area contributed by atoms with Crippen molar-refractivity contribution in [2.75, 3.05) is 12.8 Å². The van der Waals surface area contributed by atoms with Crippen LogP contribution in [-0.4, -0.2) is 30.8 Å². The normalized spacial score (nSPS) is 22.6. The molecule has 1 aromatic rings. The second-order valence-corrected chi connectivity index (χ2v) is 4.42. The van der Waals surface area contributed by atoms with Gasteiger partial charge in [-0.25, -0.2) is 0 Å². The van der Waals surface area contributed by atoms with Crippen molar-refractivity contribution in [3.05, 3.63) is 35.9 Å². The highest BCUT2D eigenvalue weighted by molar-refractivity contribution is 7.79. The lowest BCUT2D eigenvalue weighted by atomic mass is 10.0. The third-order valence-electron chi connectivity index (χ3n) is 3.03. The van der Waals surface area contributed by atoms with Crippen molar-refractivity contribution in [2.45, 2.75) is 31.8 Å². The second-order valence-electron chi connectivity index (χ2n) is 4.42. The second kappa shape index (κ2) is 8.16. The zero-order valence-corrected chi connectivity index (χ0v) is 11.9. The van der Waals surface area contributed by atoms with Crippen molar-refractivity contribution < 1.29 is 4.79 Å². The predicted octanol–water partition coefficient (Wildman–Crippen LogP) is 2.10. The largest absolute Gasteiger partial charge is 0.348 e.